The van der Waals surface area contributed by atoms with Crippen molar-refractivity contribution in [2.75, 3.05) is 6.54 Å². The highest BCUT2D eigenvalue weighted by molar-refractivity contribution is 8.05. The predicted octanol–water partition coefficient (Wildman–Crippen LogP) is 4.44. The molecule has 0 saturated heterocycles. The Morgan fingerprint density at radius 2 is 2.16 bits per heavy atom. The molecule has 0 spiro atoms. The fourth-order valence-corrected chi connectivity index (χ4v) is 2.81. The van der Waals surface area contributed by atoms with E-state index < -0.39 is 0 Å². The van der Waals surface area contributed by atoms with Crippen molar-refractivity contribution in [2.24, 2.45) is 5.92 Å². The van der Waals surface area contributed by atoms with Crippen LogP contribution in [0.5, 0.6) is 5.75 Å². The van der Waals surface area contributed by atoms with E-state index in [2.05, 4.69) is 17.2 Å². The number of nitrogens with one attached hydrogen (secondary N) is 2. The van der Waals surface area contributed by atoms with E-state index in [1.54, 1.807) is 6.07 Å². The summed E-state index contributed by atoms with van der Waals surface area (Å²) in [7, 11) is 0. The van der Waals surface area contributed by atoms with Crippen LogP contribution in [-0.2, 0) is 6.54 Å². The van der Waals surface area contributed by atoms with Crippen LogP contribution in [-0.4, -0.2) is 18.6 Å². The van der Waals surface area contributed by atoms with E-state index in [9.17, 15) is 4.79 Å². The molecule has 0 aromatic heterocycles. The summed E-state index contributed by atoms with van der Waals surface area (Å²) in [6.07, 6.45) is 4.61. The molecule has 1 aliphatic rings. The summed E-state index contributed by atoms with van der Waals surface area (Å²) in [6.45, 7) is 11.5. The van der Waals surface area contributed by atoms with Gasteiger partial charge < -0.3 is 15.4 Å². The summed E-state index contributed by atoms with van der Waals surface area (Å²) < 4.78 is 5.81. The number of benzene rings is 1. The van der Waals surface area contributed by atoms with Gasteiger partial charge in [0.25, 0.3) is 5.91 Å². The van der Waals surface area contributed by atoms with Gasteiger partial charge in [0.15, 0.2) is 0 Å². The highest BCUT2D eigenvalue weighted by atomic mass is 32.2. The standard InChI is InChI=1S/C20H28N2O2S/c1-5-8-25-15(4)22-20(23)18-9-17(13-21-12-16-6-7-16)10-19(11-18)24-14(2)3/h5,8-11,14,16,21H,4,6-7,12-13H2,1-3H3,(H,22,23)/b8-5-. The topological polar surface area (TPSA) is 50.4 Å². The van der Waals surface area contributed by atoms with Gasteiger partial charge in [0, 0.05) is 12.1 Å². The fraction of sp³-hybridized carbons (Fsp3) is 0.450. The molecule has 0 aliphatic heterocycles. The van der Waals surface area contributed by atoms with Gasteiger partial charge >= 0.3 is 0 Å². The lowest BCUT2D eigenvalue weighted by molar-refractivity contribution is 0.0968. The monoisotopic (exact) mass is 360 g/mol. The van der Waals surface area contributed by atoms with Crippen LogP contribution in [0.3, 0.4) is 0 Å². The SMILES string of the molecule is C=C(NC(=O)c1cc(CNCC2CC2)cc(OC(C)C)c1)S/C=C\C. The number of carbonyl (C=O) groups excluding carboxylic acids is 1. The number of thioether (sulfide) groups is 1. The molecule has 2 rings (SSSR count). The first-order chi connectivity index (χ1) is 12.0. The fourth-order valence-electron chi connectivity index (χ4n) is 2.36. The van der Waals surface area contributed by atoms with Crippen LogP contribution in [0.4, 0.5) is 0 Å². The van der Waals surface area contributed by atoms with E-state index >= 15 is 0 Å². The third-order valence-electron chi connectivity index (χ3n) is 3.66. The number of rotatable bonds is 10. The second-order valence-corrected chi connectivity index (χ2v) is 7.57. The quantitative estimate of drug-likeness (QED) is 0.648. The van der Waals surface area contributed by atoms with Crippen LogP contribution in [0.15, 0.2) is 41.3 Å². The molecule has 0 unspecified atom stereocenters. The van der Waals surface area contributed by atoms with E-state index in [0.717, 1.165) is 30.3 Å². The van der Waals surface area contributed by atoms with Gasteiger partial charge in [-0.2, -0.15) is 0 Å². The van der Waals surface area contributed by atoms with Crippen molar-refractivity contribution in [1.82, 2.24) is 10.6 Å². The van der Waals surface area contributed by atoms with E-state index in [1.807, 2.05) is 44.4 Å². The number of carbonyl (C=O) groups is 1. The maximum absolute atomic E-state index is 12.5. The van der Waals surface area contributed by atoms with E-state index in [1.165, 1.54) is 24.6 Å². The van der Waals surface area contributed by atoms with Crippen molar-refractivity contribution in [3.8, 4) is 5.75 Å². The molecule has 25 heavy (non-hydrogen) atoms. The molecule has 0 radical (unpaired) electrons. The Hall–Kier alpha value is -1.72. The summed E-state index contributed by atoms with van der Waals surface area (Å²) in [5.41, 5.74) is 1.64. The van der Waals surface area contributed by atoms with Crippen LogP contribution in [0, 0.1) is 5.92 Å². The molecular formula is C20H28N2O2S. The van der Waals surface area contributed by atoms with Gasteiger partial charge in [-0.1, -0.05) is 24.4 Å². The molecule has 0 heterocycles. The number of allylic oxidation sites excluding steroid dienone is 1. The predicted molar refractivity (Wildman–Crippen MR) is 106 cm³/mol. The summed E-state index contributed by atoms with van der Waals surface area (Å²) in [6, 6.07) is 5.70. The van der Waals surface area contributed by atoms with Crippen molar-refractivity contribution < 1.29 is 9.53 Å². The van der Waals surface area contributed by atoms with Crippen LogP contribution >= 0.6 is 11.8 Å². The summed E-state index contributed by atoms with van der Waals surface area (Å²) in [5.74, 6) is 1.38. The van der Waals surface area contributed by atoms with Gasteiger partial charge in [-0.3, -0.25) is 4.79 Å². The van der Waals surface area contributed by atoms with Gasteiger partial charge in [-0.05, 0) is 75.2 Å². The Labute approximate surface area is 155 Å². The van der Waals surface area contributed by atoms with Crippen molar-refractivity contribution in [2.45, 2.75) is 46.3 Å². The van der Waals surface area contributed by atoms with Crippen molar-refractivity contribution in [3.63, 3.8) is 0 Å². The van der Waals surface area contributed by atoms with Crippen molar-refractivity contribution >= 4 is 17.7 Å². The highest BCUT2D eigenvalue weighted by Gasteiger charge is 2.20. The highest BCUT2D eigenvalue weighted by Crippen LogP contribution is 2.28. The van der Waals surface area contributed by atoms with Crippen molar-refractivity contribution in [3.05, 3.63) is 52.4 Å². The first-order valence-electron chi connectivity index (χ1n) is 8.77. The smallest absolute Gasteiger partial charge is 0.256 e. The normalized spacial score (nSPS) is 14.1. The molecule has 2 N–H and O–H groups in total. The number of hydrogen-bond acceptors (Lipinski definition) is 4. The maximum Gasteiger partial charge on any atom is 0.256 e. The molecule has 0 atom stereocenters. The van der Waals surface area contributed by atoms with Crippen LogP contribution in [0.25, 0.3) is 0 Å². The summed E-state index contributed by atoms with van der Waals surface area (Å²) in [4.78, 5) is 12.5. The Morgan fingerprint density at radius 3 is 2.80 bits per heavy atom. The average molecular weight is 361 g/mol. The molecule has 5 heteroatoms. The molecule has 1 saturated carbocycles. The largest absolute Gasteiger partial charge is 0.491 e. The summed E-state index contributed by atoms with van der Waals surface area (Å²) >= 11 is 1.39. The molecule has 1 aromatic rings. The molecule has 1 fully saturated rings. The van der Waals surface area contributed by atoms with E-state index in [0.29, 0.717) is 10.6 Å². The van der Waals surface area contributed by atoms with Gasteiger partial charge in [-0.25, -0.2) is 0 Å². The van der Waals surface area contributed by atoms with E-state index in [-0.39, 0.29) is 12.0 Å². The van der Waals surface area contributed by atoms with Crippen molar-refractivity contribution in [1.29, 1.82) is 0 Å². The molecule has 1 aliphatic carbocycles. The molecular weight excluding hydrogens is 332 g/mol. The summed E-state index contributed by atoms with van der Waals surface area (Å²) in [5, 5.41) is 8.77. The second-order valence-electron chi connectivity index (χ2n) is 6.57. The Morgan fingerprint density at radius 1 is 1.40 bits per heavy atom. The molecule has 1 aromatic carbocycles. The van der Waals surface area contributed by atoms with E-state index in [4.69, 9.17) is 4.74 Å². The zero-order valence-electron chi connectivity index (χ0n) is 15.3. The molecule has 4 nitrogen and oxygen atoms in total. The second kappa shape index (κ2) is 9.68. The minimum Gasteiger partial charge on any atom is -0.491 e. The van der Waals surface area contributed by atoms with Gasteiger partial charge in [0.1, 0.15) is 5.75 Å². The van der Waals surface area contributed by atoms with Gasteiger partial charge in [0.2, 0.25) is 0 Å². The number of amides is 1. The van der Waals surface area contributed by atoms with Gasteiger partial charge in [0.05, 0.1) is 11.1 Å². The van der Waals surface area contributed by atoms with Crippen LogP contribution in [0.2, 0.25) is 0 Å². The maximum atomic E-state index is 12.5. The average Bonchev–Trinajstić information content (AvgIpc) is 3.36. The Balaban J connectivity index is 2.07. The minimum absolute atomic E-state index is 0.0609. The first-order valence-corrected chi connectivity index (χ1v) is 9.65. The Bertz CT molecular complexity index is 637. The lowest BCUT2D eigenvalue weighted by Crippen LogP contribution is -2.22. The molecule has 1 amide bonds. The van der Waals surface area contributed by atoms with Crippen LogP contribution in [0.1, 0.15) is 49.5 Å². The first kappa shape index (κ1) is 19.6. The lowest BCUT2D eigenvalue weighted by atomic mass is 10.1. The minimum atomic E-state index is -0.167. The zero-order valence-corrected chi connectivity index (χ0v) is 16.1. The van der Waals surface area contributed by atoms with Crippen LogP contribution < -0.4 is 15.4 Å². The Kier molecular flexibility index (Phi) is 7.59. The molecule has 136 valence electrons. The third-order valence-corrected chi connectivity index (χ3v) is 4.45. The third kappa shape index (κ3) is 7.36. The lowest BCUT2D eigenvalue weighted by Gasteiger charge is -2.14. The number of ether oxygens (including phenoxy) is 1. The molecule has 0 bridgehead atoms. The van der Waals surface area contributed by atoms with Gasteiger partial charge in [-0.15, -0.1) is 0 Å². The number of hydrogen-bond donors (Lipinski definition) is 2. The zero-order chi connectivity index (χ0) is 18.2.